The Balaban J connectivity index is 2.91. The van der Waals surface area contributed by atoms with Crippen LogP contribution in [0.2, 0.25) is 5.02 Å². The summed E-state index contributed by atoms with van der Waals surface area (Å²) in [4.78, 5) is 10.3. The number of hydrogen-bond acceptors (Lipinski definition) is 3. The largest absolute Gasteiger partial charge is 0.481 e. The molecule has 100 valence electrons. The van der Waals surface area contributed by atoms with Crippen LogP contribution in [0.3, 0.4) is 0 Å². The van der Waals surface area contributed by atoms with Crippen molar-refractivity contribution < 1.29 is 22.7 Å². The molecule has 0 amide bonds. The zero-order chi connectivity index (χ0) is 13.9. The average Bonchev–Trinajstić information content (AvgIpc) is 2.23. The van der Waals surface area contributed by atoms with E-state index in [2.05, 4.69) is 4.72 Å². The van der Waals surface area contributed by atoms with Crippen LogP contribution in [-0.4, -0.2) is 25.2 Å². The molecule has 0 saturated carbocycles. The van der Waals surface area contributed by atoms with Gasteiger partial charge in [0.25, 0.3) is 0 Å². The first-order chi connectivity index (χ1) is 8.21. The SMILES string of the molecule is Cc1cc(NS(=O)(=O)CCC(=O)O)c(Cl)cc1F. The molecule has 0 aromatic heterocycles. The van der Waals surface area contributed by atoms with E-state index in [0.717, 1.165) is 6.07 Å². The summed E-state index contributed by atoms with van der Waals surface area (Å²) in [5.74, 6) is -2.34. The number of hydrogen-bond donors (Lipinski definition) is 2. The third-order valence-corrected chi connectivity index (χ3v) is 3.68. The van der Waals surface area contributed by atoms with Crippen molar-refractivity contribution in [2.45, 2.75) is 13.3 Å². The van der Waals surface area contributed by atoms with Gasteiger partial charge in [0.05, 0.1) is 22.9 Å². The van der Waals surface area contributed by atoms with Crippen molar-refractivity contribution in [3.8, 4) is 0 Å². The molecule has 1 rings (SSSR count). The Morgan fingerprint density at radius 1 is 1.50 bits per heavy atom. The lowest BCUT2D eigenvalue weighted by Gasteiger charge is -2.10. The van der Waals surface area contributed by atoms with Crippen molar-refractivity contribution in [2.24, 2.45) is 0 Å². The quantitative estimate of drug-likeness (QED) is 0.870. The zero-order valence-corrected chi connectivity index (χ0v) is 11.0. The number of nitrogens with one attached hydrogen (secondary N) is 1. The molecule has 0 aliphatic heterocycles. The van der Waals surface area contributed by atoms with E-state index in [0.29, 0.717) is 0 Å². The third kappa shape index (κ3) is 4.15. The number of carbonyl (C=O) groups is 1. The number of benzene rings is 1. The van der Waals surface area contributed by atoms with Crippen LogP contribution < -0.4 is 4.72 Å². The Labute approximate surface area is 109 Å². The molecular weight excluding hydrogens is 285 g/mol. The highest BCUT2D eigenvalue weighted by Gasteiger charge is 2.15. The van der Waals surface area contributed by atoms with E-state index >= 15 is 0 Å². The highest BCUT2D eigenvalue weighted by Crippen LogP contribution is 2.26. The van der Waals surface area contributed by atoms with Gasteiger partial charge in [-0.15, -0.1) is 0 Å². The first-order valence-corrected chi connectivity index (χ1v) is 6.92. The predicted molar refractivity (Wildman–Crippen MR) is 65.8 cm³/mol. The summed E-state index contributed by atoms with van der Waals surface area (Å²) in [6.07, 6.45) is -0.521. The van der Waals surface area contributed by atoms with Gasteiger partial charge in [-0.1, -0.05) is 11.6 Å². The van der Waals surface area contributed by atoms with Crippen LogP contribution in [-0.2, 0) is 14.8 Å². The first-order valence-electron chi connectivity index (χ1n) is 4.89. The number of carboxylic acids is 1. The molecule has 0 bridgehead atoms. The van der Waals surface area contributed by atoms with Crippen LogP contribution in [0.25, 0.3) is 0 Å². The second kappa shape index (κ2) is 5.53. The maximum atomic E-state index is 13.1. The molecule has 0 radical (unpaired) electrons. The van der Waals surface area contributed by atoms with Crippen LogP contribution in [0.4, 0.5) is 10.1 Å². The van der Waals surface area contributed by atoms with E-state index in [1.807, 2.05) is 0 Å². The Morgan fingerprint density at radius 2 is 2.11 bits per heavy atom. The summed E-state index contributed by atoms with van der Waals surface area (Å²) in [5.41, 5.74) is 0.260. The molecule has 0 spiro atoms. The number of rotatable bonds is 5. The summed E-state index contributed by atoms with van der Waals surface area (Å²) in [6.45, 7) is 1.46. The Morgan fingerprint density at radius 3 is 2.67 bits per heavy atom. The number of anilines is 1. The summed E-state index contributed by atoms with van der Waals surface area (Å²) < 4.78 is 38.3. The molecule has 18 heavy (non-hydrogen) atoms. The van der Waals surface area contributed by atoms with Gasteiger partial charge in [-0.2, -0.15) is 0 Å². The van der Waals surface area contributed by atoms with Crippen molar-refractivity contribution in [3.63, 3.8) is 0 Å². The van der Waals surface area contributed by atoms with Gasteiger partial charge in [-0.3, -0.25) is 9.52 Å². The Hall–Kier alpha value is -1.34. The van der Waals surface area contributed by atoms with Gasteiger partial charge in [0.15, 0.2) is 0 Å². The van der Waals surface area contributed by atoms with E-state index < -0.39 is 34.0 Å². The van der Waals surface area contributed by atoms with E-state index in [9.17, 15) is 17.6 Å². The minimum absolute atomic E-state index is 0.0287. The van der Waals surface area contributed by atoms with E-state index in [1.54, 1.807) is 0 Å². The fraction of sp³-hybridized carbons (Fsp3) is 0.300. The second-order valence-corrected chi connectivity index (χ2v) is 5.89. The number of aliphatic carboxylic acids is 1. The average molecular weight is 296 g/mol. The number of halogens is 2. The van der Waals surface area contributed by atoms with Crippen LogP contribution in [0.15, 0.2) is 12.1 Å². The van der Waals surface area contributed by atoms with Crippen LogP contribution in [0, 0.1) is 12.7 Å². The van der Waals surface area contributed by atoms with Crippen molar-refractivity contribution >= 4 is 33.3 Å². The smallest absolute Gasteiger partial charge is 0.304 e. The Bertz CT molecular complexity index is 573. The molecular formula is C10H11ClFNO4S. The lowest BCUT2D eigenvalue weighted by molar-refractivity contribution is -0.136. The molecule has 1 aromatic carbocycles. The first kappa shape index (κ1) is 14.7. The number of sulfonamides is 1. The molecule has 0 aliphatic rings. The maximum Gasteiger partial charge on any atom is 0.304 e. The van der Waals surface area contributed by atoms with E-state index in [4.69, 9.17) is 16.7 Å². The van der Waals surface area contributed by atoms with Gasteiger partial charge in [0.2, 0.25) is 10.0 Å². The van der Waals surface area contributed by atoms with Crippen LogP contribution in [0.5, 0.6) is 0 Å². The lowest BCUT2D eigenvalue weighted by Crippen LogP contribution is -2.19. The summed E-state index contributed by atoms with van der Waals surface area (Å²) in [5, 5.41) is 8.32. The molecule has 5 nitrogen and oxygen atoms in total. The van der Waals surface area contributed by atoms with Gasteiger partial charge in [-0.25, -0.2) is 12.8 Å². The normalized spacial score (nSPS) is 11.3. The lowest BCUT2D eigenvalue weighted by atomic mass is 10.2. The van der Waals surface area contributed by atoms with Crippen molar-refractivity contribution in [1.82, 2.24) is 0 Å². The minimum atomic E-state index is -3.82. The molecule has 0 fully saturated rings. The van der Waals surface area contributed by atoms with Crippen LogP contribution >= 0.6 is 11.6 Å². The molecule has 0 unspecified atom stereocenters. The van der Waals surface area contributed by atoms with Crippen LogP contribution in [0.1, 0.15) is 12.0 Å². The summed E-state index contributed by atoms with van der Waals surface area (Å²) >= 11 is 5.69. The third-order valence-electron chi connectivity index (χ3n) is 2.10. The van der Waals surface area contributed by atoms with Crippen molar-refractivity contribution in [2.75, 3.05) is 10.5 Å². The van der Waals surface area contributed by atoms with Gasteiger partial charge in [0, 0.05) is 0 Å². The van der Waals surface area contributed by atoms with Gasteiger partial charge >= 0.3 is 5.97 Å². The summed E-state index contributed by atoms with van der Waals surface area (Å²) in [7, 11) is -3.82. The van der Waals surface area contributed by atoms with E-state index in [1.165, 1.54) is 13.0 Å². The monoisotopic (exact) mass is 295 g/mol. The topological polar surface area (TPSA) is 83.5 Å². The fourth-order valence-electron chi connectivity index (χ4n) is 1.18. The maximum absolute atomic E-state index is 13.1. The van der Waals surface area contributed by atoms with Gasteiger partial charge in [0.1, 0.15) is 5.82 Å². The molecule has 0 atom stereocenters. The van der Waals surface area contributed by atoms with Crippen molar-refractivity contribution in [1.29, 1.82) is 0 Å². The number of carboxylic acid groups (broad SMARTS) is 1. The molecule has 0 heterocycles. The highest BCUT2D eigenvalue weighted by atomic mass is 35.5. The second-order valence-electron chi connectivity index (χ2n) is 3.65. The summed E-state index contributed by atoms with van der Waals surface area (Å²) in [6, 6.07) is 2.24. The van der Waals surface area contributed by atoms with Gasteiger partial charge < -0.3 is 5.11 Å². The number of aryl methyl sites for hydroxylation is 1. The highest BCUT2D eigenvalue weighted by molar-refractivity contribution is 7.92. The molecule has 0 aliphatic carbocycles. The standard InChI is InChI=1S/C10H11ClFNO4S/c1-6-4-9(7(11)5-8(6)12)13-18(16,17)3-2-10(14)15/h4-5,13H,2-3H2,1H3,(H,14,15). The van der Waals surface area contributed by atoms with Crippen molar-refractivity contribution in [3.05, 3.63) is 28.5 Å². The molecule has 2 N–H and O–H groups in total. The van der Waals surface area contributed by atoms with Gasteiger partial charge in [-0.05, 0) is 24.6 Å². The van der Waals surface area contributed by atoms with E-state index in [-0.39, 0.29) is 16.3 Å². The zero-order valence-electron chi connectivity index (χ0n) is 9.41. The Kier molecular flexibility index (Phi) is 4.53. The molecule has 0 saturated heterocycles. The minimum Gasteiger partial charge on any atom is -0.481 e. The molecule has 1 aromatic rings. The fourth-order valence-corrected chi connectivity index (χ4v) is 2.48. The predicted octanol–water partition coefficient (Wildman–Crippen LogP) is 2.00. The molecule has 8 heteroatoms.